The fourth-order valence-corrected chi connectivity index (χ4v) is 5.14. The second-order valence-electron chi connectivity index (χ2n) is 8.55. The van der Waals surface area contributed by atoms with E-state index in [-0.39, 0.29) is 17.9 Å². The van der Waals surface area contributed by atoms with Crippen molar-refractivity contribution >= 4 is 11.8 Å². The van der Waals surface area contributed by atoms with Gasteiger partial charge in [0, 0.05) is 50.7 Å². The van der Waals surface area contributed by atoms with Crippen LogP contribution >= 0.6 is 0 Å². The molecule has 6 heteroatoms. The third kappa shape index (κ3) is 2.45. The molecule has 2 aliphatic heterocycles. The fraction of sp³-hybridized carbons (Fsp3) is 0.700. The van der Waals surface area contributed by atoms with Crippen LogP contribution in [0.25, 0.3) is 0 Å². The fourth-order valence-electron chi connectivity index (χ4n) is 5.14. The summed E-state index contributed by atoms with van der Waals surface area (Å²) in [6.45, 7) is 3.77. The van der Waals surface area contributed by atoms with Gasteiger partial charge in [0.05, 0.1) is 11.7 Å². The zero-order valence-corrected chi connectivity index (χ0v) is 15.4. The van der Waals surface area contributed by atoms with Crippen LogP contribution in [0.5, 0.6) is 0 Å². The molecule has 3 heterocycles. The van der Waals surface area contributed by atoms with Gasteiger partial charge in [-0.05, 0) is 37.5 Å². The van der Waals surface area contributed by atoms with Crippen molar-refractivity contribution in [2.75, 3.05) is 13.1 Å². The first-order valence-electron chi connectivity index (χ1n) is 9.98. The molecular formula is C20H26N4O2. The van der Waals surface area contributed by atoms with Crippen LogP contribution in [-0.4, -0.2) is 44.7 Å². The number of rotatable bonds is 2. The van der Waals surface area contributed by atoms with Gasteiger partial charge in [0.15, 0.2) is 5.82 Å². The molecular weight excluding hydrogens is 328 g/mol. The first kappa shape index (κ1) is 16.2. The van der Waals surface area contributed by atoms with Crippen LogP contribution in [0.4, 0.5) is 0 Å². The maximum absolute atomic E-state index is 13.0. The minimum absolute atomic E-state index is 0.0383. The van der Waals surface area contributed by atoms with Gasteiger partial charge in [0.25, 0.3) is 0 Å². The lowest BCUT2D eigenvalue weighted by Gasteiger charge is -2.30. The maximum Gasteiger partial charge on any atom is 0.226 e. The van der Waals surface area contributed by atoms with Crippen LogP contribution < -0.4 is 0 Å². The van der Waals surface area contributed by atoms with Crippen LogP contribution in [0.3, 0.4) is 0 Å². The number of hydrogen-bond acceptors (Lipinski definition) is 4. The number of hydrogen-bond donors (Lipinski definition) is 0. The Labute approximate surface area is 154 Å². The Hall–Kier alpha value is -1.98. The third-order valence-corrected chi connectivity index (χ3v) is 7.07. The highest BCUT2D eigenvalue weighted by atomic mass is 16.2. The van der Waals surface area contributed by atoms with Crippen molar-refractivity contribution in [3.05, 3.63) is 23.3 Å². The third-order valence-electron chi connectivity index (χ3n) is 7.07. The SMILES string of the molecule is CC(=O)N1CCc2nc([C@H]3CCCN3C(=O)[C@H]3CC34CCC4)ncc2C1. The maximum atomic E-state index is 13.0. The van der Waals surface area contributed by atoms with E-state index in [9.17, 15) is 9.59 Å². The van der Waals surface area contributed by atoms with Crippen molar-refractivity contribution in [1.82, 2.24) is 19.8 Å². The van der Waals surface area contributed by atoms with E-state index in [1.807, 2.05) is 11.1 Å². The van der Waals surface area contributed by atoms with Crippen molar-refractivity contribution in [2.24, 2.45) is 11.3 Å². The number of aromatic nitrogens is 2. The predicted octanol–water partition coefficient (Wildman–Crippen LogP) is 2.23. The smallest absolute Gasteiger partial charge is 0.226 e. The van der Waals surface area contributed by atoms with E-state index < -0.39 is 0 Å². The normalized spacial score (nSPS) is 28.7. The summed E-state index contributed by atoms with van der Waals surface area (Å²) in [7, 11) is 0. The molecule has 2 amide bonds. The number of likely N-dealkylation sites (tertiary alicyclic amines) is 1. The molecule has 0 unspecified atom stereocenters. The Bertz CT molecular complexity index is 773. The number of fused-ring (bicyclic) bond motifs is 1. The zero-order valence-electron chi connectivity index (χ0n) is 15.4. The van der Waals surface area contributed by atoms with Crippen LogP contribution in [0.2, 0.25) is 0 Å². The summed E-state index contributed by atoms with van der Waals surface area (Å²) in [6.07, 6.45) is 9.51. The number of nitrogens with zero attached hydrogens (tertiary/aromatic N) is 4. The van der Waals surface area contributed by atoms with Crippen LogP contribution in [0, 0.1) is 11.3 Å². The molecule has 0 bridgehead atoms. The van der Waals surface area contributed by atoms with Crippen molar-refractivity contribution in [2.45, 2.75) is 64.5 Å². The van der Waals surface area contributed by atoms with Gasteiger partial charge in [-0.3, -0.25) is 9.59 Å². The summed E-state index contributed by atoms with van der Waals surface area (Å²) in [6, 6.07) is 0.0383. The Morgan fingerprint density at radius 3 is 2.77 bits per heavy atom. The number of carbonyl (C=O) groups excluding carboxylic acids is 2. The standard InChI is InChI=1S/C20H26N4O2/c1-13(25)23-9-5-16-14(12-23)11-21-18(22-16)17-4-2-8-24(17)19(26)15-10-20(15)6-3-7-20/h11,15,17H,2-10,12H2,1H3/t15-,17-/m1/s1. The summed E-state index contributed by atoms with van der Waals surface area (Å²) in [5.41, 5.74) is 2.47. The van der Waals surface area contributed by atoms with Crippen molar-refractivity contribution in [3.63, 3.8) is 0 Å². The van der Waals surface area contributed by atoms with E-state index in [2.05, 4.69) is 9.88 Å². The van der Waals surface area contributed by atoms with E-state index >= 15 is 0 Å². The number of carbonyl (C=O) groups is 2. The summed E-state index contributed by atoms with van der Waals surface area (Å²) in [5, 5.41) is 0. The summed E-state index contributed by atoms with van der Waals surface area (Å²) >= 11 is 0. The molecule has 0 aromatic carbocycles. The molecule has 1 aromatic heterocycles. The highest BCUT2D eigenvalue weighted by Crippen LogP contribution is 2.66. The molecule has 4 aliphatic rings. The minimum Gasteiger partial charge on any atom is -0.338 e. The van der Waals surface area contributed by atoms with E-state index in [1.54, 1.807) is 6.92 Å². The predicted molar refractivity (Wildman–Crippen MR) is 94.9 cm³/mol. The van der Waals surface area contributed by atoms with E-state index in [1.165, 1.54) is 19.3 Å². The quantitative estimate of drug-likeness (QED) is 0.817. The average Bonchev–Trinajstić information content (AvgIpc) is 3.22. The molecule has 2 saturated carbocycles. The summed E-state index contributed by atoms with van der Waals surface area (Å²) in [4.78, 5) is 38.0. The Morgan fingerprint density at radius 2 is 2.08 bits per heavy atom. The molecule has 3 fully saturated rings. The van der Waals surface area contributed by atoms with E-state index in [0.717, 1.165) is 55.9 Å². The first-order valence-corrected chi connectivity index (χ1v) is 9.98. The molecule has 0 N–H and O–H groups in total. The molecule has 6 nitrogen and oxygen atoms in total. The van der Waals surface area contributed by atoms with Gasteiger partial charge in [-0.1, -0.05) is 6.42 Å². The topological polar surface area (TPSA) is 66.4 Å². The highest BCUT2D eigenvalue weighted by Gasteiger charge is 2.62. The van der Waals surface area contributed by atoms with Gasteiger partial charge < -0.3 is 9.80 Å². The van der Waals surface area contributed by atoms with Crippen LogP contribution in [-0.2, 0) is 22.6 Å². The van der Waals surface area contributed by atoms with Gasteiger partial charge in [-0.2, -0.15) is 0 Å². The Kier molecular flexibility index (Phi) is 3.59. The highest BCUT2D eigenvalue weighted by molar-refractivity contribution is 5.83. The molecule has 1 saturated heterocycles. The summed E-state index contributed by atoms with van der Waals surface area (Å²) in [5.74, 6) is 1.51. The lowest BCUT2D eigenvalue weighted by molar-refractivity contribution is -0.135. The largest absolute Gasteiger partial charge is 0.338 e. The molecule has 1 aromatic rings. The van der Waals surface area contributed by atoms with Crippen LogP contribution in [0.15, 0.2) is 6.20 Å². The zero-order chi connectivity index (χ0) is 17.9. The Balaban J connectivity index is 1.34. The summed E-state index contributed by atoms with van der Waals surface area (Å²) < 4.78 is 0. The number of amides is 2. The van der Waals surface area contributed by atoms with Crippen LogP contribution in [0.1, 0.15) is 68.6 Å². The monoisotopic (exact) mass is 354 g/mol. The van der Waals surface area contributed by atoms with Crippen molar-refractivity contribution in [1.29, 1.82) is 0 Å². The average molecular weight is 354 g/mol. The van der Waals surface area contributed by atoms with E-state index in [4.69, 9.17) is 4.98 Å². The lowest BCUT2D eigenvalue weighted by atomic mass is 9.79. The second-order valence-corrected chi connectivity index (χ2v) is 8.55. The molecule has 2 aliphatic carbocycles. The first-order chi connectivity index (χ1) is 12.6. The molecule has 0 radical (unpaired) electrons. The minimum atomic E-state index is 0.0383. The molecule has 26 heavy (non-hydrogen) atoms. The van der Waals surface area contributed by atoms with Crippen molar-refractivity contribution in [3.8, 4) is 0 Å². The molecule has 2 atom stereocenters. The molecule has 138 valence electrons. The van der Waals surface area contributed by atoms with Gasteiger partial charge in [-0.25, -0.2) is 9.97 Å². The van der Waals surface area contributed by atoms with Crippen molar-refractivity contribution < 1.29 is 9.59 Å². The molecule has 1 spiro atoms. The van der Waals surface area contributed by atoms with E-state index in [0.29, 0.717) is 17.9 Å². The molecule has 5 rings (SSSR count). The second kappa shape index (κ2) is 5.76. The van der Waals surface area contributed by atoms with Gasteiger partial charge in [0.2, 0.25) is 11.8 Å². The van der Waals surface area contributed by atoms with Gasteiger partial charge in [0.1, 0.15) is 0 Å². The lowest BCUT2D eigenvalue weighted by Crippen LogP contribution is -2.37. The van der Waals surface area contributed by atoms with Gasteiger partial charge in [-0.15, -0.1) is 0 Å². The Morgan fingerprint density at radius 1 is 1.23 bits per heavy atom. The van der Waals surface area contributed by atoms with Gasteiger partial charge >= 0.3 is 0 Å².